The van der Waals surface area contributed by atoms with E-state index in [1.165, 1.54) is 0 Å². The molecule has 90 valence electrons. The van der Waals surface area contributed by atoms with Crippen molar-refractivity contribution in [3.05, 3.63) is 0 Å². The Hall–Kier alpha value is -0.220. The number of rotatable bonds is 6. The Balaban J connectivity index is 3.77. The fourth-order valence-corrected chi connectivity index (χ4v) is 1.12. The summed E-state index contributed by atoms with van der Waals surface area (Å²) in [6.45, 7) is 8.81. The summed E-state index contributed by atoms with van der Waals surface area (Å²) in [5.74, 6) is 0.0932. The molecule has 3 nitrogen and oxygen atoms in total. The van der Waals surface area contributed by atoms with Gasteiger partial charge in [0.05, 0.1) is 0 Å². The molecule has 0 saturated carbocycles. The Bertz CT molecular complexity index is 209. The average molecular weight is 232 g/mol. The van der Waals surface area contributed by atoms with Crippen LogP contribution >= 0.6 is 11.8 Å². The summed E-state index contributed by atoms with van der Waals surface area (Å²) in [6, 6.07) is 0. The molecule has 0 spiro atoms. The molecule has 0 rings (SSSR count). The van der Waals surface area contributed by atoms with Crippen LogP contribution < -0.4 is 11.1 Å². The van der Waals surface area contributed by atoms with Gasteiger partial charge in [0.2, 0.25) is 5.91 Å². The maximum absolute atomic E-state index is 11.5. The van der Waals surface area contributed by atoms with Gasteiger partial charge >= 0.3 is 0 Å². The Labute approximate surface area is 97.6 Å². The van der Waals surface area contributed by atoms with Crippen molar-refractivity contribution < 1.29 is 4.79 Å². The first kappa shape index (κ1) is 14.8. The first-order valence-corrected chi connectivity index (χ1v) is 6.49. The van der Waals surface area contributed by atoms with Crippen LogP contribution in [0.1, 0.15) is 40.5 Å². The van der Waals surface area contributed by atoms with Crippen LogP contribution in [0.2, 0.25) is 0 Å². The van der Waals surface area contributed by atoms with Gasteiger partial charge in [-0.25, -0.2) is 0 Å². The highest BCUT2D eigenvalue weighted by Gasteiger charge is 2.18. The van der Waals surface area contributed by atoms with Gasteiger partial charge in [0.25, 0.3) is 0 Å². The Morgan fingerprint density at radius 1 is 1.33 bits per heavy atom. The summed E-state index contributed by atoms with van der Waals surface area (Å²) < 4.78 is 0.105. The second kappa shape index (κ2) is 5.75. The Morgan fingerprint density at radius 3 is 2.27 bits per heavy atom. The van der Waals surface area contributed by atoms with E-state index in [4.69, 9.17) is 5.73 Å². The standard InChI is InChI=1S/C11H24N2OS/c1-10(2,12)7-6-9(14)13-8-11(3,4)15-5/h6-8,12H2,1-5H3,(H,13,14). The molecule has 0 aliphatic carbocycles. The smallest absolute Gasteiger partial charge is 0.220 e. The molecule has 1 amide bonds. The van der Waals surface area contributed by atoms with E-state index >= 15 is 0 Å². The molecule has 0 aromatic heterocycles. The van der Waals surface area contributed by atoms with Crippen LogP contribution in [0.25, 0.3) is 0 Å². The highest BCUT2D eigenvalue weighted by atomic mass is 32.2. The first-order chi connectivity index (χ1) is 6.66. The van der Waals surface area contributed by atoms with Crippen molar-refractivity contribution in [2.45, 2.75) is 50.8 Å². The van der Waals surface area contributed by atoms with E-state index in [9.17, 15) is 4.79 Å². The van der Waals surface area contributed by atoms with Crippen LogP contribution in [0, 0.1) is 0 Å². The van der Waals surface area contributed by atoms with Gasteiger partial charge in [-0.1, -0.05) is 0 Å². The van der Waals surface area contributed by atoms with E-state index in [-0.39, 0.29) is 16.2 Å². The van der Waals surface area contributed by atoms with Crippen LogP contribution in [0.3, 0.4) is 0 Å². The van der Waals surface area contributed by atoms with E-state index in [1.54, 1.807) is 11.8 Å². The minimum atomic E-state index is -0.258. The molecule has 0 fully saturated rings. The summed E-state index contributed by atoms with van der Waals surface area (Å²) in [5.41, 5.74) is 5.55. The molecule has 0 heterocycles. The third-order valence-electron chi connectivity index (χ3n) is 2.26. The average Bonchev–Trinajstić information content (AvgIpc) is 2.10. The Morgan fingerprint density at radius 2 is 1.87 bits per heavy atom. The molecule has 0 bridgehead atoms. The van der Waals surface area contributed by atoms with Crippen LogP contribution in [0.15, 0.2) is 0 Å². The molecule has 0 aliphatic heterocycles. The summed E-state index contributed by atoms with van der Waals surface area (Å²) in [7, 11) is 0. The van der Waals surface area contributed by atoms with E-state index < -0.39 is 0 Å². The van der Waals surface area contributed by atoms with Gasteiger partial charge in [0.1, 0.15) is 0 Å². The number of thioether (sulfide) groups is 1. The number of nitrogens with two attached hydrogens (primary N) is 1. The lowest BCUT2D eigenvalue weighted by atomic mass is 10.00. The molecule has 0 unspecified atom stereocenters. The summed E-state index contributed by atoms with van der Waals surface area (Å²) in [6.07, 6.45) is 3.28. The second-order valence-electron chi connectivity index (χ2n) is 5.23. The molecular formula is C11H24N2OS. The zero-order valence-corrected chi connectivity index (χ0v) is 11.3. The summed E-state index contributed by atoms with van der Waals surface area (Å²) in [4.78, 5) is 11.5. The number of carbonyl (C=O) groups is 1. The van der Waals surface area contributed by atoms with E-state index in [0.29, 0.717) is 13.0 Å². The molecule has 0 atom stereocenters. The number of hydrogen-bond acceptors (Lipinski definition) is 3. The van der Waals surface area contributed by atoms with Gasteiger partial charge in [-0.05, 0) is 40.4 Å². The summed E-state index contributed by atoms with van der Waals surface area (Å²) in [5, 5.41) is 2.93. The maximum atomic E-state index is 11.5. The van der Waals surface area contributed by atoms with E-state index in [1.807, 2.05) is 13.8 Å². The molecule has 0 aromatic carbocycles. The lowest BCUT2D eigenvalue weighted by Crippen LogP contribution is -2.38. The second-order valence-corrected chi connectivity index (χ2v) is 6.74. The lowest BCUT2D eigenvalue weighted by molar-refractivity contribution is -0.121. The zero-order valence-electron chi connectivity index (χ0n) is 10.5. The SMILES string of the molecule is CSC(C)(C)CNC(=O)CCC(C)(C)N. The molecule has 0 radical (unpaired) electrons. The third kappa shape index (κ3) is 8.75. The van der Waals surface area contributed by atoms with Crippen LogP contribution in [-0.4, -0.2) is 29.0 Å². The first-order valence-electron chi connectivity index (χ1n) is 5.27. The molecular weight excluding hydrogens is 208 g/mol. The van der Waals surface area contributed by atoms with Crippen molar-refractivity contribution in [3.63, 3.8) is 0 Å². The van der Waals surface area contributed by atoms with Gasteiger partial charge in [0.15, 0.2) is 0 Å². The number of carbonyl (C=O) groups excluding carboxylic acids is 1. The van der Waals surface area contributed by atoms with Crippen molar-refractivity contribution >= 4 is 17.7 Å². The zero-order chi connectivity index (χ0) is 12.1. The van der Waals surface area contributed by atoms with Gasteiger partial charge in [-0.3, -0.25) is 4.79 Å². The molecule has 15 heavy (non-hydrogen) atoms. The third-order valence-corrected chi connectivity index (χ3v) is 3.51. The Kier molecular flexibility index (Phi) is 5.67. The van der Waals surface area contributed by atoms with Crippen LogP contribution in [0.4, 0.5) is 0 Å². The van der Waals surface area contributed by atoms with Crippen molar-refractivity contribution in [2.24, 2.45) is 5.73 Å². The van der Waals surface area contributed by atoms with Crippen molar-refractivity contribution in [1.82, 2.24) is 5.32 Å². The predicted molar refractivity (Wildman–Crippen MR) is 68.1 cm³/mol. The fraction of sp³-hybridized carbons (Fsp3) is 0.909. The van der Waals surface area contributed by atoms with Gasteiger partial charge in [-0.2, -0.15) is 11.8 Å². The fourth-order valence-electron chi connectivity index (χ4n) is 0.908. The van der Waals surface area contributed by atoms with Crippen LogP contribution in [0.5, 0.6) is 0 Å². The topological polar surface area (TPSA) is 55.1 Å². The number of hydrogen-bond donors (Lipinski definition) is 2. The number of amides is 1. The van der Waals surface area contributed by atoms with Crippen molar-refractivity contribution in [2.75, 3.05) is 12.8 Å². The molecule has 4 heteroatoms. The molecule has 0 saturated heterocycles. The normalized spacial score (nSPS) is 12.7. The molecule has 0 aliphatic rings. The largest absolute Gasteiger partial charge is 0.355 e. The minimum Gasteiger partial charge on any atom is -0.355 e. The molecule has 0 aromatic rings. The highest BCUT2D eigenvalue weighted by Crippen LogP contribution is 2.19. The van der Waals surface area contributed by atoms with Crippen molar-refractivity contribution in [3.8, 4) is 0 Å². The van der Waals surface area contributed by atoms with Gasteiger partial charge in [0, 0.05) is 23.3 Å². The molecule has 3 N–H and O–H groups in total. The monoisotopic (exact) mass is 232 g/mol. The summed E-state index contributed by atoms with van der Waals surface area (Å²) >= 11 is 1.75. The van der Waals surface area contributed by atoms with Crippen LogP contribution in [-0.2, 0) is 4.79 Å². The highest BCUT2D eigenvalue weighted by molar-refractivity contribution is 7.99. The van der Waals surface area contributed by atoms with E-state index in [2.05, 4.69) is 25.4 Å². The number of nitrogens with one attached hydrogen (secondary N) is 1. The van der Waals surface area contributed by atoms with Gasteiger partial charge < -0.3 is 11.1 Å². The quantitative estimate of drug-likeness (QED) is 0.734. The lowest BCUT2D eigenvalue weighted by Gasteiger charge is -2.23. The van der Waals surface area contributed by atoms with Gasteiger partial charge in [-0.15, -0.1) is 0 Å². The van der Waals surface area contributed by atoms with E-state index in [0.717, 1.165) is 6.42 Å². The maximum Gasteiger partial charge on any atom is 0.220 e. The van der Waals surface area contributed by atoms with Crippen molar-refractivity contribution in [1.29, 1.82) is 0 Å². The minimum absolute atomic E-state index is 0.0932. The predicted octanol–water partition coefficient (Wildman–Crippen LogP) is 1.76.